The lowest BCUT2D eigenvalue weighted by Crippen LogP contribution is -2.32. The van der Waals surface area contributed by atoms with Gasteiger partial charge in [-0.1, -0.05) is 13.3 Å². The normalized spacial score (nSPS) is 20.8. The summed E-state index contributed by atoms with van der Waals surface area (Å²) in [6.07, 6.45) is 4.51. The Labute approximate surface area is 104 Å². The van der Waals surface area contributed by atoms with Gasteiger partial charge in [0.1, 0.15) is 0 Å². The highest BCUT2D eigenvalue weighted by atomic mass is 16.5. The zero-order valence-corrected chi connectivity index (χ0v) is 10.8. The van der Waals surface area contributed by atoms with Crippen LogP contribution in [0.15, 0.2) is 4.99 Å². The highest BCUT2D eigenvalue weighted by molar-refractivity contribution is 5.77. The molecule has 0 bridgehead atoms. The van der Waals surface area contributed by atoms with E-state index in [1.807, 2.05) is 0 Å². The third-order valence-corrected chi connectivity index (χ3v) is 2.66. The average molecular weight is 243 g/mol. The first-order valence-corrected chi connectivity index (χ1v) is 6.56. The fourth-order valence-electron chi connectivity index (χ4n) is 1.61. The smallest absolute Gasteiger partial charge is 0.188 e. The van der Waals surface area contributed by atoms with E-state index >= 15 is 0 Å². The van der Waals surface area contributed by atoms with Crippen molar-refractivity contribution in [1.29, 1.82) is 0 Å². The summed E-state index contributed by atoms with van der Waals surface area (Å²) in [4.78, 5) is 4.23. The van der Waals surface area contributed by atoms with Crippen LogP contribution in [0.1, 0.15) is 32.6 Å². The zero-order valence-electron chi connectivity index (χ0n) is 10.8. The molecule has 1 rings (SSSR count). The molecule has 1 aliphatic rings. The average Bonchev–Trinajstić information content (AvgIpc) is 2.82. The summed E-state index contributed by atoms with van der Waals surface area (Å²) in [6, 6.07) is 0. The number of ether oxygens (including phenoxy) is 2. The summed E-state index contributed by atoms with van der Waals surface area (Å²) >= 11 is 0. The summed E-state index contributed by atoms with van der Waals surface area (Å²) in [6.45, 7) is 6.08. The number of unbranched alkanes of at least 4 members (excludes halogenated alkanes) is 1. The monoisotopic (exact) mass is 243 g/mol. The second-order valence-corrected chi connectivity index (χ2v) is 4.26. The van der Waals surface area contributed by atoms with Gasteiger partial charge in [-0.15, -0.1) is 0 Å². The topological polar surface area (TPSA) is 68.9 Å². The van der Waals surface area contributed by atoms with Gasteiger partial charge >= 0.3 is 0 Å². The fourth-order valence-corrected chi connectivity index (χ4v) is 1.61. The Morgan fingerprint density at radius 1 is 1.53 bits per heavy atom. The Morgan fingerprint density at radius 3 is 3.12 bits per heavy atom. The molecular weight excluding hydrogens is 218 g/mol. The molecule has 5 heteroatoms. The van der Waals surface area contributed by atoms with Crippen LogP contribution in [0.2, 0.25) is 0 Å². The van der Waals surface area contributed by atoms with Gasteiger partial charge in [0.05, 0.1) is 12.7 Å². The van der Waals surface area contributed by atoms with Gasteiger partial charge in [0.2, 0.25) is 0 Å². The Morgan fingerprint density at radius 2 is 2.41 bits per heavy atom. The Balaban J connectivity index is 1.92. The SMILES string of the molecule is CCCCNC(N)=NCCCOC1CCOC1. The number of hydrogen-bond acceptors (Lipinski definition) is 3. The zero-order chi connectivity index (χ0) is 12.3. The number of nitrogens with two attached hydrogens (primary N) is 1. The van der Waals surface area contributed by atoms with E-state index in [1.54, 1.807) is 0 Å². The van der Waals surface area contributed by atoms with E-state index in [0.717, 1.165) is 58.6 Å². The van der Waals surface area contributed by atoms with E-state index in [-0.39, 0.29) is 0 Å². The van der Waals surface area contributed by atoms with Crippen LogP contribution in [0.25, 0.3) is 0 Å². The van der Waals surface area contributed by atoms with Crippen molar-refractivity contribution >= 4 is 5.96 Å². The van der Waals surface area contributed by atoms with Crippen molar-refractivity contribution < 1.29 is 9.47 Å². The van der Waals surface area contributed by atoms with Crippen molar-refractivity contribution in [2.45, 2.75) is 38.7 Å². The Kier molecular flexibility index (Phi) is 7.75. The quantitative estimate of drug-likeness (QED) is 0.377. The molecule has 1 aliphatic heterocycles. The molecule has 1 unspecified atom stereocenters. The largest absolute Gasteiger partial charge is 0.379 e. The predicted molar refractivity (Wildman–Crippen MR) is 69.2 cm³/mol. The van der Waals surface area contributed by atoms with Gasteiger partial charge in [0, 0.05) is 26.3 Å². The van der Waals surface area contributed by atoms with Crippen molar-refractivity contribution in [3.63, 3.8) is 0 Å². The lowest BCUT2D eigenvalue weighted by molar-refractivity contribution is 0.0424. The van der Waals surface area contributed by atoms with Crippen LogP contribution in [0, 0.1) is 0 Å². The van der Waals surface area contributed by atoms with Gasteiger partial charge in [-0.25, -0.2) is 0 Å². The number of aliphatic imine (C=N–C) groups is 1. The van der Waals surface area contributed by atoms with Crippen LogP contribution >= 0.6 is 0 Å². The van der Waals surface area contributed by atoms with Crippen molar-refractivity contribution in [2.24, 2.45) is 10.7 Å². The molecule has 100 valence electrons. The van der Waals surface area contributed by atoms with Gasteiger partial charge in [-0.2, -0.15) is 0 Å². The van der Waals surface area contributed by atoms with E-state index in [9.17, 15) is 0 Å². The molecule has 0 aromatic heterocycles. The number of nitrogens with one attached hydrogen (secondary N) is 1. The Bertz CT molecular complexity index is 216. The van der Waals surface area contributed by atoms with Crippen LogP contribution in [0.4, 0.5) is 0 Å². The molecule has 0 amide bonds. The van der Waals surface area contributed by atoms with Gasteiger partial charge in [-0.05, 0) is 19.3 Å². The van der Waals surface area contributed by atoms with Crippen molar-refractivity contribution in [3.05, 3.63) is 0 Å². The molecule has 0 aromatic carbocycles. The minimum atomic E-state index is 0.291. The van der Waals surface area contributed by atoms with Crippen LogP contribution < -0.4 is 11.1 Å². The number of rotatable bonds is 8. The van der Waals surface area contributed by atoms with Crippen LogP contribution in [-0.4, -0.2) is 45.0 Å². The highest BCUT2D eigenvalue weighted by Crippen LogP contribution is 2.07. The molecule has 0 radical (unpaired) electrons. The minimum Gasteiger partial charge on any atom is -0.379 e. The molecule has 1 fully saturated rings. The maximum Gasteiger partial charge on any atom is 0.188 e. The molecule has 0 saturated carbocycles. The molecule has 5 nitrogen and oxygen atoms in total. The second-order valence-electron chi connectivity index (χ2n) is 4.26. The van der Waals surface area contributed by atoms with Gasteiger partial charge in [0.25, 0.3) is 0 Å². The minimum absolute atomic E-state index is 0.291. The summed E-state index contributed by atoms with van der Waals surface area (Å²) in [5, 5.41) is 3.08. The summed E-state index contributed by atoms with van der Waals surface area (Å²) < 4.78 is 10.9. The van der Waals surface area contributed by atoms with Crippen LogP contribution in [0.5, 0.6) is 0 Å². The molecular formula is C12H25N3O2. The van der Waals surface area contributed by atoms with E-state index in [2.05, 4.69) is 17.2 Å². The van der Waals surface area contributed by atoms with Crippen LogP contribution in [0.3, 0.4) is 0 Å². The third kappa shape index (κ3) is 7.18. The first kappa shape index (κ1) is 14.3. The van der Waals surface area contributed by atoms with Crippen molar-refractivity contribution in [3.8, 4) is 0 Å². The molecule has 0 aromatic rings. The maximum absolute atomic E-state index is 5.70. The molecule has 0 aliphatic carbocycles. The lowest BCUT2D eigenvalue weighted by Gasteiger charge is -2.08. The molecule has 0 spiro atoms. The molecule has 1 heterocycles. The molecule has 3 N–H and O–H groups in total. The van der Waals surface area contributed by atoms with Gasteiger partial charge in [-0.3, -0.25) is 4.99 Å². The first-order chi connectivity index (χ1) is 8.33. The van der Waals surface area contributed by atoms with Crippen LogP contribution in [-0.2, 0) is 9.47 Å². The summed E-state index contributed by atoms with van der Waals surface area (Å²) in [5.74, 6) is 0.544. The van der Waals surface area contributed by atoms with Crippen molar-refractivity contribution in [1.82, 2.24) is 5.32 Å². The highest BCUT2D eigenvalue weighted by Gasteiger charge is 2.14. The number of hydrogen-bond donors (Lipinski definition) is 2. The summed E-state index contributed by atoms with van der Waals surface area (Å²) in [7, 11) is 0. The molecule has 17 heavy (non-hydrogen) atoms. The van der Waals surface area contributed by atoms with Gasteiger partial charge in [0.15, 0.2) is 5.96 Å². The first-order valence-electron chi connectivity index (χ1n) is 6.56. The number of guanidine groups is 1. The summed E-state index contributed by atoms with van der Waals surface area (Å²) in [5.41, 5.74) is 5.70. The van der Waals surface area contributed by atoms with E-state index in [1.165, 1.54) is 0 Å². The van der Waals surface area contributed by atoms with E-state index in [4.69, 9.17) is 15.2 Å². The fraction of sp³-hybridized carbons (Fsp3) is 0.917. The van der Waals surface area contributed by atoms with E-state index in [0.29, 0.717) is 12.1 Å². The number of nitrogens with zero attached hydrogens (tertiary/aromatic N) is 1. The maximum atomic E-state index is 5.70. The van der Waals surface area contributed by atoms with E-state index < -0.39 is 0 Å². The lowest BCUT2D eigenvalue weighted by atomic mass is 10.3. The predicted octanol–water partition coefficient (Wildman–Crippen LogP) is 0.886. The van der Waals surface area contributed by atoms with Gasteiger partial charge < -0.3 is 20.5 Å². The second kappa shape index (κ2) is 9.24. The standard InChI is InChI=1S/C12H25N3O2/c1-2-3-6-14-12(13)15-7-4-8-17-11-5-9-16-10-11/h11H,2-10H2,1H3,(H3,13,14,15). The molecule has 1 saturated heterocycles. The van der Waals surface area contributed by atoms with Crippen molar-refractivity contribution in [2.75, 3.05) is 32.9 Å². The Hall–Kier alpha value is -0.810. The molecule has 1 atom stereocenters. The third-order valence-electron chi connectivity index (χ3n) is 2.66.